The first-order chi connectivity index (χ1) is 9.75. The Morgan fingerprint density at radius 2 is 1.70 bits per heavy atom. The van der Waals surface area contributed by atoms with Crippen LogP contribution in [0.2, 0.25) is 0 Å². The van der Waals surface area contributed by atoms with Crippen LogP contribution in [0.5, 0.6) is 5.75 Å². The third-order valence-electron chi connectivity index (χ3n) is 2.61. The quantitative estimate of drug-likeness (QED) is 0.669. The Balaban J connectivity index is 1.84. The van der Waals surface area contributed by atoms with E-state index in [9.17, 15) is 4.79 Å². The normalized spacial score (nSPS) is 12.1. The number of hydrogen-bond acceptors (Lipinski definition) is 3. The van der Waals surface area contributed by atoms with E-state index in [1.54, 1.807) is 25.3 Å². The molecule has 0 saturated heterocycles. The maximum absolute atomic E-state index is 11.8. The number of benzene rings is 2. The molecule has 0 aliphatic rings. The minimum Gasteiger partial charge on any atom is -0.481 e. The van der Waals surface area contributed by atoms with Gasteiger partial charge in [0.1, 0.15) is 5.75 Å². The number of hydrazone groups is 1. The lowest BCUT2D eigenvalue weighted by Crippen LogP contribution is -2.33. The van der Waals surface area contributed by atoms with E-state index in [0.29, 0.717) is 5.75 Å². The topological polar surface area (TPSA) is 50.7 Å². The van der Waals surface area contributed by atoms with Crippen LogP contribution in [-0.2, 0) is 4.79 Å². The summed E-state index contributed by atoms with van der Waals surface area (Å²) in [5.41, 5.74) is 3.38. The van der Waals surface area contributed by atoms with Crippen LogP contribution >= 0.6 is 0 Å². The minimum atomic E-state index is -0.606. The molecule has 0 aliphatic carbocycles. The average molecular weight is 268 g/mol. The van der Waals surface area contributed by atoms with Gasteiger partial charge in [-0.15, -0.1) is 0 Å². The monoisotopic (exact) mass is 268 g/mol. The molecule has 102 valence electrons. The molecule has 0 bridgehead atoms. The van der Waals surface area contributed by atoms with Crippen molar-refractivity contribution in [1.82, 2.24) is 5.43 Å². The summed E-state index contributed by atoms with van der Waals surface area (Å²) in [4.78, 5) is 11.8. The van der Waals surface area contributed by atoms with Gasteiger partial charge in [0.25, 0.3) is 5.91 Å². The van der Waals surface area contributed by atoms with Gasteiger partial charge in [-0.05, 0) is 24.6 Å². The fraction of sp³-hybridized carbons (Fsp3) is 0.125. The van der Waals surface area contributed by atoms with Crippen LogP contribution in [0.15, 0.2) is 65.8 Å². The molecule has 1 atom stereocenters. The molecule has 4 nitrogen and oxygen atoms in total. The van der Waals surface area contributed by atoms with Crippen molar-refractivity contribution < 1.29 is 9.53 Å². The number of amides is 1. The van der Waals surface area contributed by atoms with Gasteiger partial charge in [0, 0.05) is 0 Å². The van der Waals surface area contributed by atoms with E-state index in [4.69, 9.17) is 4.74 Å². The molecule has 2 aromatic carbocycles. The van der Waals surface area contributed by atoms with Crippen molar-refractivity contribution in [2.24, 2.45) is 5.10 Å². The van der Waals surface area contributed by atoms with Gasteiger partial charge in [-0.3, -0.25) is 4.79 Å². The average Bonchev–Trinajstić information content (AvgIpc) is 2.49. The molecule has 0 saturated carbocycles. The molecule has 0 heterocycles. The summed E-state index contributed by atoms with van der Waals surface area (Å²) in [5, 5.41) is 3.90. The summed E-state index contributed by atoms with van der Waals surface area (Å²) in [6, 6.07) is 18.7. The highest BCUT2D eigenvalue weighted by atomic mass is 16.5. The molecular formula is C16H16N2O2. The molecule has 1 N–H and O–H groups in total. The molecule has 0 aliphatic heterocycles. The first-order valence-corrected chi connectivity index (χ1v) is 6.35. The third-order valence-corrected chi connectivity index (χ3v) is 2.61. The lowest BCUT2D eigenvalue weighted by molar-refractivity contribution is -0.127. The van der Waals surface area contributed by atoms with Gasteiger partial charge in [0.15, 0.2) is 6.10 Å². The van der Waals surface area contributed by atoms with E-state index in [2.05, 4.69) is 10.5 Å². The summed E-state index contributed by atoms with van der Waals surface area (Å²) in [7, 11) is 0. The molecule has 2 aromatic rings. The first kappa shape index (κ1) is 13.8. The Morgan fingerprint density at radius 1 is 1.10 bits per heavy atom. The van der Waals surface area contributed by atoms with Crippen LogP contribution in [0.4, 0.5) is 0 Å². The fourth-order valence-corrected chi connectivity index (χ4v) is 1.56. The Kier molecular flexibility index (Phi) is 4.89. The predicted octanol–water partition coefficient (Wildman–Crippen LogP) is 2.60. The van der Waals surface area contributed by atoms with Gasteiger partial charge in [0.05, 0.1) is 6.21 Å². The molecule has 0 unspecified atom stereocenters. The van der Waals surface area contributed by atoms with Crippen LogP contribution in [0.25, 0.3) is 0 Å². The maximum Gasteiger partial charge on any atom is 0.280 e. The van der Waals surface area contributed by atoms with Crippen LogP contribution in [0.3, 0.4) is 0 Å². The van der Waals surface area contributed by atoms with Crippen LogP contribution < -0.4 is 10.2 Å². The molecule has 2 rings (SSSR count). The standard InChI is InChI=1S/C16H16N2O2/c1-13(20-15-10-6-3-7-11-15)16(19)18-17-12-14-8-4-2-5-9-14/h2-13H,1H3,(H,18,19)/t13-/m1/s1. The second kappa shape index (κ2) is 7.09. The maximum atomic E-state index is 11.8. The van der Waals surface area contributed by atoms with Gasteiger partial charge in [-0.1, -0.05) is 48.5 Å². The van der Waals surface area contributed by atoms with E-state index in [1.807, 2.05) is 48.5 Å². The number of rotatable bonds is 5. The second-order valence-corrected chi connectivity index (χ2v) is 4.22. The van der Waals surface area contributed by atoms with E-state index < -0.39 is 6.10 Å². The van der Waals surface area contributed by atoms with Crippen LogP contribution in [0, 0.1) is 0 Å². The van der Waals surface area contributed by atoms with Crippen molar-refractivity contribution in [3.8, 4) is 5.75 Å². The van der Waals surface area contributed by atoms with Crippen LogP contribution in [0.1, 0.15) is 12.5 Å². The third kappa shape index (κ3) is 4.24. The Bertz CT molecular complexity index is 568. The molecule has 20 heavy (non-hydrogen) atoms. The zero-order chi connectivity index (χ0) is 14.2. The van der Waals surface area contributed by atoms with Crippen molar-refractivity contribution in [2.75, 3.05) is 0 Å². The van der Waals surface area contributed by atoms with E-state index in [0.717, 1.165) is 5.56 Å². The summed E-state index contributed by atoms with van der Waals surface area (Å²) >= 11 is 0. The molecule has 1 amide bonds. The number of nitrogens with zero attached hydrogens (tertiary/aromatic N) is 1. The number of para-hydroxylation sites is 1. The SMILES string of the molecule is C[C@@H](Oc1ccccc1)C(=O)NN=Cc1ccccc1. The van der Waals surface area contributed by atoms with Gasteiger partial charge in [-0.25, -0.2) is 5.43 Å². The lowest BCUT2D eigenvalue weighted by atomic mass is 10.2. The summed E-state index contributed by atoms with van der Waals surface area (Å²) < 4.78 is 5.49. The molecule has 4 heteroatoms. The first-order valence-electron chi connectivity index (χ1n) is 6.35. The smallest absolute Gasteiger partial charge is 0.280 e. The zero-order valence-electron chi connectivity index (χ0n) is 11.2. The summed E-state index contributed by atoms with van der Waals surface area (Å²) in [6.07, 6.45) is 0.984. The van der Waals surface area contributed by atoms with E-state index >= 15 is 0 Å². The van der Waals surface area contributed by atoms with Gasteiger partial charge >= 0.3 is 0 Å². The van der Waals surface area contributed by atoms with Crippen LogP contribution in [-0.4, -0.2) is 18.2 Å². The van der Waals surface area contributed by atoms with Gasteiger partial charge < -0.3 is 4.74 Å². The zero-order valence-corrected chi connectivity index (χ0v) is 11.2. The fourth-order valence-electron chi connectivity index (χ4n) is 1.56. The van der Waals surface area contributed by atoms with E-state index in [1.165, 1.54) is 0 Å². The van der Waals surface area contributed by atoms with Gasteiger partial charge in [-0.2, -0.15) is 5.10 Å². The number of hydrogen-bond donors (Lipinski definition) is 1. The Hall–Kier alpha value is -2.62. The summed E-state index contributed by atoms with van der Waals surface area (Å²) in [6.45, 7) is 1.68. The van der Waals surface area contributed by atoms with Gasteiger partial charge in [0.2, 0.25) is 0 Å². The van der Waals surface area contributed by atoms with Crippen molar-refractivity contribution >= 4 is 12.1 Å². The minimum absolute atomic E-state index is 0.291. The molecule has 0 aromatic heterocycles. The van der Waals surface area contributed by atoms with Crippen molar-refractivity contribution in [3.05, 3.63) is 66.2 Å². The van der Waals surface area contributed by atoms with Crippen molar-refractivity contribution in [1.29, 1.82) is 0 Å². The molecule has 0 radical (unpaired) electrons. The lowest BCUT2D eigenvalue weighted by Gasteiger charge is -2.12. The molecular weight excluding hydrogens is 252 g/mol. The highest BCUT2D eigenvalue weighted by Gasteiger charge is 2.13. The molecule has 0 spiro atoms. The highest BCUT2D eigenvalue weighted by Crippen LogP contribution is 2.10. The van der Waals surface area contributed by atoms with Crippen molar-refractivity contribution in [3.63, 3.8) is 0 Å². The summed E-state index contributed by atoms with van der Waals surface area (Å²) in [5.74, 6) is 0.364. The number of ether oxygens (including phenoxy) is 1. The Morgan fingerprint density at radius 3 is 2.35 bits per heavy atom. The van der Waals surface area contributed by atoms with Crippen molar-refractivity contribution in [2.45, 2.75) is 13.0 Å². The largest absolute Gasteiger partial charge is 0.481 e. The highest BCUT2D eigenvalue weighted by molar-refractivity contribution is 5.84. The second-order valence-electron chi connectivity index (χ2n) is 4.22. The molecule has 0 fully saturated rings. The van der Waals surface area contributed by atoms with E-state index in [-0.39, 0.29) is 5.91 Å². The predicted molar refractivity (Wildman–Crippen MR) is 78.7 cm³/mol. The number of carbonyl (C=O) groups excluding carboxylic acids is 1. The Labute approximate surface area is 118 Å². The number of carbonyl (C=O) groups is 1. The number of nitrogens with one attached hydrogen (secondary N) is 1.